The van der Waals surface area contributed by atoms with Crippen LogP contribution in [0.4, 0.5) is 0 Å². The number of ether oxygens (including phenoxy) is 2. The first-order chi connectivity index (χ1) is 30.9. The Hall–Kier alpha value is -3.44. The van der Waals surface area contributed by atoms with Crippen molar-refractivity contribution in [3.8, 4) is 0 Å². The minimum absolute atomic E-state index is 0. The van der Waals surface area contributed by atoms with Crippen LogP contribution in [0.25, 0.3) is 22.8 Å². The third-order valence-electron chi connectivity index (χ3n) is 15.8. The summed E-state index contributed by atoms with van der Waals surface area (Å²) in [6.07, 6.45) is 20.0. The molecule has 11 atom stereocenters. The quantitative estimate of drug-likeness (QED) is 0.0728. The van der Waals surface area contributed by atoms with Crippen LogP contribution in [0.15, 0.2) is 45.8 Å². The standard InChI is InChI=1S/C55H82N4O6.Mg/c1-13-39-34(7)41-29-46-48(38(11)60)36(9)43(57-46)27-42-35(8)40(52(58-42)50-51(55(63)64-12)54(62)49-37(10)44(59-53(49)50)28-45(39)56-41)23-24-47(61)65-26-25-33(6)22-16-21-32(5)20-15-19-31(4)18-14-17-30(2)3;/h27-35,37,39-40,44,51-52,59H,13-26H2,1-12H3,(H2-,56,57,60,62);/q-2;+2/p-2/b42-27-,45-28-;. The van der Waals surface area contributed by atoms with E-state index in [1.165, 1.54) is 58.5 Å². The second-order valence-corrected chi connectivity index (χ2v) is 21.2. The maximum Gasteiger partial charge on any atom is 2.00 e. The maximum absolute atomic E-state index is 14.5. The fourth-order valence-electron chi connectivity index (χ4n) is 11.5. The molecule has 3 fully saturated rings. The van der Waals surface area contributed by atoms with Gasteiger partial charge in [0.15, 0.2) is 5.78 Å². The molecule has 1 aromatic heterocycles. The van der Waals surface area contributed by atoms with E-state index in [4.69, 9.17) is 25.1 Å². The SMILES string of the molecule is CCC1/C2=C/C3NC4=C(C(C(=O)OC)C([O-])=C4C3C)C3[N-]/C(=C\c4[n-]c(c(C(C)=O)c4C)/C=C(\[N-]2)C1C)C(C)C3CCC(=O)OCCC(C)CCCC(C)CCCC(C)CCCC(C)C.[Mg+2]. The van der Waals surface area contributed by atoms with E-state index < -0.39 is 17.9 Å². The molecule has 66 heavy (non-hydrogen) atoms. The zero-order chi connectivity index (χ0) is 47.3. The molecule has 5 aliphatic rings. The summed E-state index contributed by atoms with van der Waals surface area (Å²) < 4.78 is 11.2. The molecule has 11 heteroatoms. The first-order valence-electron chi connectivity index (χ1n) is 25.4. The van der Waals surface area contributed by atoms with Crippen LogP contribution < -0.4 is 15.4 Å². The predicted molar refractivity (Wildman–Crippen MR) is 265 cm³/mol. The van der Waals surface area contributed by atoms with Crippen molar-refractivity contribution < 1.29 is 29.0 Å². The van der Waals surface area contributed by atoms with Crippen LogP contribution in [0.1, 0.15) is 180 Å². The van der Waals surface area contributed by atoms with Gasteiger partial charge in [0.25, 0.3) is 0 Å². The number of methoxy groups -OCH3 is 1. The predicted octanol–water partition coefficient (Wildman–Crippen LogP) is 11.5. The van der Waals surface area contributed by atoms with Crippen molar-refractivity contribution in [1.29, 1.82) is 0 Å². The van der Waals surface area contributed by atoms with Gasteiger partial charge in [-0.05, 0) is 85.2 Å². The Balaban J connectivity index is 0.00000817. The van der Waals surface area contributed by atoms with Crippen molar-refractivity contribution in [3.05, 3.63) is 78.9 Å². The van der Waals surface area contributed by atoms with Gasteiger partial charge in [0.2, 0.25) is 0 Å². The Labute approximate surface area is 413 Å². The van der Waals surface area contributed by atoms with Gasteiger partial charge in [-0.15, -0.1) is 17.1 Å². The number of nitrogens with zero attached hydrogens (tertiary/aromatic N) is 3. The largest absolute Gasteiger partial charge is 2.00 e. The Morgan fingerprint density at radius 1 is 0.818 bits per heavy atom. The van der Waals surface area contributed by atoms with Crippen LogP contribution in [-0.4, -0.2) is 66.6 Å². The minimum Gasteiger partial charge on any atom is -0.874 e. The zero-order valence-corrected chi connectivity index (χ0v) is 44.0. The fourth-order valence-corrected chi connectivity index (χ4v) is 11.5. The molecule has 6 rings (SSSR count). The number of aromatic nitrogens is 1. The van der Waals surface area contributed by atoms with E-state index >= 15 is 0 Å². The second kappa shape index (κ2) is 23.7. The van der Waals surface area contributed by atoms with Crippen LogP contribution in [0.5, 0.6) is 0 Å². The van der Waals surface area contributed by atoms with Crippen LogP contribution >= 0.6 is 0 Å². The van der Waals surface area contributed by atoms with E-state index in [0.29, 0.717) is 52.7 Å². The average Bonchev–Trinajstić information content (AvgIpc) is 4.00. The monoisotopic (exact) mass is 917 g/mol. The van der Waals surface area contributed by atoms with Gasteiger partial charge in [-0.25, -0.2) is 0 Å². The molecule has 3 saturated heterocycles. The molecule has 1 N–H and O–H groups in total. The van der Waals surface area contributed by atoms with E-state index in [-0.39, 0.29) is 82.6 Å². The number of carbonyl (C=O) groups is 3. The second-order valence-electron chi connectivity index (χ2n) is 21.2. The first kappa shape index (κ1) is 53.5. The van der Waals surface area contributed by atoms with Crippen molar-refractivity contribution in [2.75, 3.05) is 13.7 Å². The summed E-state index contributed by atoms with van der Waals surface area (Å²) in [5.74, 6) is 0.132. The van der Waals surface area contributed by atoms with Crippen molar-refractivity contribution in [2.24, 2.45) is 59.2 Å². The molecule has 11 unspecified atom stereocenters. The Kier molecular flexibility index (Phi) is 19.2. The summed E-state index contributed by atoms with van der Waals surface area (Å²) in [6, 6.07) is -0.822. The van der Waals surface area contributed by atoms with Gasteiger partial charge in [-0.3, -0.25) is 14.4 Å². The number of nitrogens with one attached hydrogen (secondary N) is 1. The van der Waals surface area contributed by atoms with Crippen molar-refractivity contribution in [3.63, 3.8) is 0 Å². The third kappa shape index (κ3) is 12.0. The number of fused-ring (bicyclic) bond motifs is 8. The summed E-state index contributed by atoms with van der Waals surface area (Å²) >= 11 is 0. The third-order valence-corrected chi connectivity index (χ3v) is 15.8. The zero-order valence-electron chi connectivity index (χ0n) is 42.6. The van der Waals surface area contributed by atoms with E-state index in [1.807, 2.05) is 26.0 Å². The van der Waals surface area contributed by atoms with Gasteiger partial charge < -0.3 is 35.5 Å². The van der Waals surface area contributed by atoms with Crippen LogP contribution in [-0.2, 0) is 19.1 Å². The molecule has 0 saturated carbocycles. The minimum atomic E-state index is -1.14. The molecule has 0 aromatic carbocycles. The molecular weight excluding hydrogens is 837 g/mol. The van der Waals surface area contributed by atoms with Crippen LogP contribution in [0, 0.1) is 66.1 Å². The Morgan fingerprint density at radius 3 is 2.02 bits per heavy atom. The van der Waals surface area contributed by atoms with E-state index in [0.717, 1.165) is 59.7 Å². The molecular formula is C55H80MgN4O6-2. The molecule has 0 radical (unpaired) electrons. The summed E-state index contributed by atoms with van der Waals surface area (Å²) in [6.45, 7) is 24.0. The average molecular weight is 918 g/mol. The van der Waals surface area contributed by atoms with Crippen molar-refractivity contribution >= 4 is 52.9 Å². The number of Topliss-reactive ketones (excluding diaryl/α,β-unsaturated/α-hetero) is 1. The van der Waals surface area contributed by atoms with Crippen molar-refractivity contribution in [2.45, 2.75) is 172 Å². The summed E-state index contributed by atoms with van der Waals surface area (Å²) in [7, 11) is 1.32. The normalized spacial score (nSPS) is 29.1. The Bertz CT molecular complexity index is 2060. The Morgan fingerprint density at radius 2 is 1.42 bits per heavy atom. The van der Waals surface area contributed by atoms with Gasteiger partial charge in [0.1, 0.15) is 0 Å². The summed E-state index contributed by atoms with van der Waals surface area (Å²) in [5, 5.41) is 28.6. The number of ketones is 1. The van der Waals surface area contributed by atoms with Crippen LogP contribution in [0.2, 0.25) is 0 Å². The molecule has 1 aromatic rings. The molecule has 4 aliphatic heterocycles. The molecule has 360 valence electrons. The number of allylic oxidation sites excluding steroid dienone is 4. The fraction of sp³-hybridized carbons (Fsp3) is 0.691. The molecule has 5 heterocycles. The topological polar surface area (TPSA) is 147 Å². The summed E-state index contributed by atoms with van der Waals surface area (Å²) in [5.41, 5.74) is 7.04. The molecule has 10 nitrogen and oxygen atoms in total. The van der Waals surface area contributed by atoms with Gasteiger partial charge in [0, 0.05) is 29.6 Å². The molecule has 0 amide bonds. The van der Waals surface area contributed by atoms with Crippen LogP contribution in [0.3, 0.4) is 0 Å². The smallest absolute Gasteiger partial charge is 0.874 e. The van der Waals surface area contributed by atoms with E-state index in [2.05, 4.69) is 66.8 Å². The number of hydrogen-bond donors (Lipinski definition) is 1. The van der Waals surface area contributed by atoms with Gasteiger partial charge in [0.05, 0.1) is 19.6 Å². The molecule has 1 aliphatic carbocycles. The number of hydrogen-bond acceptors (Lipinski definition) is 7. The molecule has 0 spiro atoms. The van der Waals surface area contributed by atoms with Gasteiger partial charge in [-0.1, -0.05) is 156 Å². The first-order valence-corrected chi connectivity index (χ1v) is 25.4. The van der Waals surface area contributed by atoms with Gasteiger partial charge >= 0.3 is 35.0 Å². The number of carbonyl (C=O) groups excluding carboxylic acids is 3. The van der Waals surface area contributed by atoms with Gasteiger partial charge in [-0.2, -0.15) is 17.1 Å². The molecule has 8 bridgehead atoms. The van der Waals surface area contributed by atoms with E-state index in [1.54, 1.807) is 6.92 Å². The van der Waals surface area contributed by atoms with Crippen molar-refractivity contribution in [1.82, 2.24) is 10.3 Å². The maximum atomic E-state index is 14.5. The summed E-state index contributed by atoms with van der Waals surface area (Å²) in [4.78, 5) is 45.4. The number of esters is 2. The van der Waals surface area contributed by atoms with E-state index in [9.17, 15) is 19.5 Å². The number of rotatable bonds is 21.